The predicted molar refractivity (Wildman–Crippen MR) is 79.6 cm³/mol. The zero-order valence-corrected chi connectivity index (χ0v) is 12.7. The molecule has 0 bridgehead atoms. The van der Waals surface area contributed by atoms with Crippen LogP contribution in [0.3, 0.4) is 0 Å². The molecular weight excluding hydrogens is 254 g/mol. The third kappa shape index (κ3) is 3.51. The Morgan fingerprint density at radius 2 is 2.05 bits per heavy atom. The molecule has 0 aliphatic carbocycles. The van der Waals surface area contributed by atoms with Crippen molar-refractivity contribution in [3.05, 3.63) is 0 Å². The van der Waals surface area contributed by atoms with Gasteiger partial charge in [0.25, 0.3) is 0 Å². The smallest absolute Gasteiger partial charge is 0.230 e. The molecular formula is C15H29N3O2. The molecule has 0 radical (unpaired) electrons. The van der Waals surface area contributed by atoms with E-state index in [0.29, 0.717) is 5.91 Å². The highest BCUT2D eigenvalue weighted by Gasteiger charge is 2.41. The number of hydrogen-bond donors (Lipinski definition) is 2. The van der Waals surface area contributed by atoms with Crippen LogP contribution in [-0.2, 0) is 4.79 Å². The largest absolute Gasteiger partial charge is 0.395 e. The van der Waals surface area contributed by atoms with Crippen molar-refractivity contribution < 1.29 is 9.90 Å². The third-order valence-corrected chi connectivity index (χ3v) is 4.73. The summed E-state index contributed by atoms with van der Waals surface area (Å²) >= 11 is 0. The molecule has 2 aliphatic heterocycles. The van der Waals surface area contributed by atoms with Gasteiger partial charge in [-0.05, 0) is 25.8 Å². The van der Waals surface area contributed by atoms with Gasteiger partial charge in [-0.1, -0.05) is 13.3 Å². The van der Waals surface area contributed by atoms with Crippen LogP contribution in [0, 0.1) is 5.41 Å². The van der Waals surface area contributed by atoms with E-state index in [4.69, 9.17) is 5.11 Å². The van der Waals surface area contributed by atoms with E-state index < -0.39 is 0 Å². The number of carbonyl (C=O) groups is 1. The Morgan fingerprint density at radius 1 is 1.30 bits per heavy atom. The molecule has 20 heavy (non-hydrogen) atoms. The Balaban J connectivity index is 1.95. The van der Waals surface area contributed by atoms with Crippen LogP contribution in [0.25, 0.3) is 0 Å². The Hall–Kier alpha value is -0.650. The topological polar surface area (TPSA) is 55.8 Å². The average Bonchev–Trinajstić information content (AvgIpc) is 2.49. The summed E-state index contributed by atoms with van der Waals surface area (Å²) in [4.78, 5) is 17.2. The molecule has 1 atom stereocenters. The van der Waals surface area contributed by atoms with Crippen LogP contribution in [0.4, 0.5) is 0 Å². The minimum atomic E-state index is -0.161. The van der Waals surface area contributed by atoms with Crippen molar-refractivity contribution in [1.82, 2.24) is 15.1 Å². The minimum absolute atomic E-state index is 0.161. The van der Waals surface area contributed by atoms with Gasteiger partial charge in [0.05, 0.1) is 12.0 Å². The van der Waals surface area contributed by atoms with E-state index in [1.54, 1.807) is 0 Å². The van der Waals surface area contributed by atoms with Crippen LogP contribution >= 0.6 is 0 Å². The van der Waals surface area contributed by atoms with Gasteiger partial charge < -0.3 is 15.3 Å². The van der Waals surface area contributed by atoms with Crippen molar-refractivity contribution in [3.8, 4) is 0 Å². The van der Waals surface area contributed by atoms with Gasteiger partial charge in [0.1, 0.15) is 0 Å². The van der Waals surface area contributed by atoms with E-state index in [2.05, 4.69) is 22.0 Å². The van der Waals surface area contributed by atoms with Crippen molar-refractivity contribution in [3.63, 3.8) is 0 Å². The van der Waals surface area contributed by atoms with Crippen molar-refractivity contribution in [2.24, 2.45) is 5.41 Å². The average molecular weight is 283 g/mol. The molecule has 0 saturated carbocycles. The first-order valence-corrected chi connectivity index (χ1v) is 8.05. The number of nitrogens with one attached hydrogen (secondary N) is 1. The fraction of sp³-hybridized carbons (Fsp3) is 0.933. The summed E-state index contributed by atoms with van der Waals surface area (Å²) in [6.07, 6.45) is 4.20. The molecule has 0 aromatic heterocycles. The summed E-state index contributed by atoms with van der Waals surface area (Å²) in [6.45, 7) is 8.39. The van der Waals surface area contributed by atoms with Gasteiger partial charge in [-0.25, -0.2) is 0 Å². The lowest BCUT2D eigenvalue weighted by molar-refractivity contribution is -0.145. The molecule has 1 unspecified atom stereocenters. The van der Waals surface area contributed by atoms with Gasteiger partial charge in [0.15, 0.2) is 0 Å². The summed E-state index contributed by atoms with van der Waals surface area (Å²) in [5.41, 5.74) is -0.161. The second-order valence-electron chi connectivity index (χ2n) is 6.17. The summed E-state index contributed by atoms with van der Waals surface area (Å²) in [5, 5.41) is 12.4. The molecule has 2 N–H and O–H groups in total. The minimum Gasteiger partial charge on any atom is -0.395 e. The number of amides is 1. The van der Waals surface area contributed by atoms with Gasteiger partial charge in [-0.2, -0.15) is 0 Å². The quantitative estimate of drug-likeness (QED) is 0.762. The van der Waals surface area contributed by atoms with Crippen LogP contribution in [0.15, 0.2) is 0 Å². The molecule has 2 aliphatic rings. The molecule has 116 valence electrons. The SMILES string of the molecule is CCCC1(C(=O)N2CCN(CCO)CC2)CCCNC1. The Morgan fingerprint density at radius 3 is 2.60 bits per heavy atom. The molecule has 5 nitrogen and oxygen atoms in total. The molecule has 1 amide bonds. The van der Waals surface area contributed by atoms with Crippen LogP contribution in [0.2, 0.25) is 0 Å². The normalized spacial score (nSPS) is 28.6. The van der Waals surface area contributed by atoms with Gasteiger partial charge >= 0.3 is 0 Å². The fourth-order valence-electron chi connectivity index (χ4n) is 3.60. The van der Waals surface area contributed by atoms with Crippen LogP contribution in [0.5, 0.6) is 0 Å². The Kier molecular flexibility index (Phi) is 5.81. The Labute approximate surface area is 122 Å². The molecule has 2 fully saturated rings. The lowest BCUT2D eigenvalue weighted by Crippen LogP contribution is -2.57. The highest BCUT2D eigenvalue weighted by Crippen LogP contribution is 2.34. The van der Waals surface area contributed by atoms with Crippen molar-refractivity contribution in [2.75, 3.05) is 52.4 Å². The first kappa shape index (κ1) is 15.7. The van der Waals surface area contributed by atoms with E-state index in [1.165, 1.54) is 0 Å². The molecule has 0 aromatic rings. The maximum atomic E-state index is 12.9. The van der Waals surface area contributed by atoms with Crippen LogP contribution < -0.4 is 5.32 Å². The fourth-order valence-corrected chi connectivity index (χ4v) is 3.60. The standard InChI is InChI=1S/C15H29N3O2/c1-2-4-15(5-3-6-16-13-15)14(20)18-9-7-17(8-10-18)11-12-19/h16,19H,2-13H2,1H3. The van der Waals surface area contributed by atoms with Gasteiger partial charge in [0.2, 0.25) is 5.91 Å². The lowest BCUT2D eigenvalue weighted by atomic mass is 9.75. The van der Waals surface area contributed by atoms with E-state index in [0.717, 1.165) is 71.5 Å². The first-order chi connectivity index (χ1) is 9.72. The molecule has 2 heterocycles. The zero-order valence-electron chi connectivity index (χ0n) is 12.7. The summed E-state index contributed by atoms with van der Waals surface area (Å²) in [6, 6.07) is 0. The number of aliphatic hydroxyl groups is 1. The second-order valence-corrected chi connectivity index (χ2v) is 6.17. The number of β-amino-alcohol motifs (C(OH)–C–C–N with tert-alkyl or cyclic N) is 1. The van der Waals surface area contributed by atoms with Crippen LogP contribution in [0.1, 0.15) is 32.6 Å². The highest BCUT2D eigenvalue weighted by molar-refractivity contribution is 5.83. The lowest BCUT2D eigenvalue weighted by Gasteiger charge is -2.43. The number of aliphatic hydroxyl groups excluding tert-OH is 1. The van der Waals surface area contributed by atoms with Crippen LogP contribution in [-0.4, -0.2) is 73.2 Å². The van der Waals surface area contributed by atoms with E-state index in [1.807, 2.05) is 0 Å². The number of carbonyl (C=O) groups excluding carboxylic acids is 1. The van der Waals surface area contributed by atoms with Crippen molar-refractivity contribution in [2.45, 2.75) is 32.6 Å². The van der Waals surface area contributed by atoms with Gasteiger partial charge in [0, 0.05) is 39.3 Å². The number of hydrogen-bond acceptors (Lipinski definition) is 4. The number of rotatable bonds is 5. The van der Waals surface area contributed by atoms with E-state index in [9.17, 15) is 4.79 Å². The Bertz CT molecular complexity index is 303. The van der Waals surface area contributed by atoms with E-state index >= 15 is 0 Å². The molecule has 2 saturated heterocycles. The van der Waals surface area contributed by atoms with E-state index in [-0.39, 0.29) is 12.0 Å². The molecule has 5 heteroatoms. The third-order valence-electron chi connectivity index (χ3n) is 4.73. The van der Waals surface area contributed by atoms with Gasteiger partial charge in [-0.15, -0.1) is 0 Å². The monoisotopic (exact) mass is 283 g/mol. The van der Waals surface area contributed by atoms with Crippen molar-refractivity contribution in [1.29, 1.82) is 0 Å². The molecule has 0 spiro atoms. The zero-order chi connectivity index (χ0) is 14.4. The highest BCUT2D eigenvalue weighted by atomic mass is 16.3. The summed E-state index contributed by atoms with van der Waals surface area (Å²) in [7, 11) is 0. The number of piperazine rings is 1. The number of nitrogens with zero attached hydrogens (tertiary/aromatic N) is 2. The van der Waals surface area contributed by atoms with Gasteiger partial charge in [-0.3, -0.25) is 9.69 Å². The summed E-state index contributed by atoms with van der Waals surface area (Å²) in [5.74, 6) is 0.357. The maximum absolute atomic E-state index is 12.9. The summed E-state index contributed by atoms with van der Waals surface area (Å²) < 4.78 is 0. The second kappa shape index (κ2) is 7.38. The molecule has 2 rings (SSSR count). The van der Waals surface area contributed by atoms with Crippen molar-refractivity contribution >= 4 is 5.91 Å². The maximum Gasteiger partial charge on any atom is 0.230 e. The first-order valence-electron chi connectivity index (χ1n) is 8.05. The number of piperidine rings is 1. The predicted octanol–water partition coefficient (Wildman–Crippen LogP) is 0.293. The molecule has 0 aromatic carbocycles.